The number of hydrogen-bond donors (Lipinski definition) is 3. The molecule has 4 rings (SSSR count). The predicted octanol–water partition coefficient (Wildman–Crippen LogP) is 3.67. The highest BCUT2D eigenvalue weighted by atomic mass is 19.1. The molecular formula is C19H15FN4O. The number of benzene rings is 2. The summed E-state index contributed by atoms with van der Waals surface area (Å²) in [6, 6.07) is 14.1. The summed E-state index contributed by atoms with van der Waals surface area (Å²) in [6.07, 6.45) is 3.51. The van der Waals surface area contributed by atoms with Crippen molar-refractivity contribution >= 4 is 16.7 Å². The number of anilines is 1. The van der Waals surface area contributed by atoms with E-state index in [2.05, 4.69) is 20.3 Å². The molecule has 0 spiro atoms. The molecule has 0 fully saturated rings. The summed E-state index contributed by atoms with van der Waals surface area (Å²) in [4.78, 5) is 21.1. The number of nitrogens with one attached hydrogen (secondary N) is 3. The third kappa shape index (κ3) is 3.28. The Morgan fingerprint density at radius 1 is 0.920 bits per heavy atom. The quantitative estimate of drug-likeness (QED) is 0.533. The van der Waals surface area contributed by atoms with Crippen LogP contribution in [-0.2, 0) is 6.54 Å². The minimum Gasteiger partial charge on any atom is -0.380 e. The average molecular weight is 334 g/mol. The fraction of sp³-hybridized carbons (Fsp3) is 0.0526. The van der Waals surface area contributed by atoms with Gasteiger partial charge < -0.3 is 15.3 Å². The highest BCUT2D eigenvalue weighted by Gasteiger charge is 2.04. The Kier molecular flexibility index (Phi) is 3.78. The molecule has 0 saturated carbocycles. The lowest BCUT2D eigenvalue weighted by Gasteiger charge is -2.08. The maximum absolute atomic E-state index is 12.9. The second-order valence-corrected chi connectivity index (χ2v) is 5.78. The van der Waals surface area contributed by atoms with Crippen molar-refractivity contribution < 1.29 is 4.39 Å². The smallest absolute Gasteiger partial charge is 0.323 e. The van der Waals surface area contributed by atoms with E-state index < -0.39 is 0 Å². The molecule has 0 amide bonds. The number of hydrogen-bond acceptors (Lipinski definition) is 3. The summed E-state index contributed by atoms with van der Waals surface area (Å²) in [7, 11) is 0. The molecule has 4 aromatic rings. The van der Waals surface area contributed by atoms with Crippen LogP contribution < -0.4 is 11.0 Å². The van der Waals surface area contributed by atoms with Crippen molar-refractivity contribution in [3.05, 3.63) is 82.8 Å². The standard InChI is InChI=1S/C19H15FN4O/c20-15-4-1-12(2-5-15)9-22-16-7-14(10-21-11-16)13-3-6-17-18(8-13)24-19(25)23-17/h1-8,10-11,22H,9H2,(H2,23,24,25). The molecule has 0 atom stereocenters. The number of halogens is 1. The molecule has 0 aliphatic rings. The van der Waals surface area contributed by atoms with Gasteiger partial charge in [-0.25, -0.2) is 9.18 Å². The number of nitrogens with zero attached hydrogens (tertiary/aromatic N) is 1. The fourth-order valence-electron chi connectivity index (χ4n) is 2.71. The molecule has 0 aliphatic heterocycles. The van der Waals surface area contributed by atoms with E-state index in [0.29, 0.717) is 6.54 Å². The second kappa shape index (κ2) is 6.24. The SMILES string of the molecule is O=c1[nH]c2ccc(-c3cncc(NCc4ccc(F)cc4)c3)cc2[nH]1. The van der Waals surface area contributed by atoms with Gasteiger partial charge in [-0.3, -0.25) is 4.98 Å². The Labute approximate surface area is 142 Å². The van der Waals surface area contributed by atoms with Crippen molar-refractivity contribution in [2.75, 3.05) is 5.32 Å². The van der Waals surface area contributed by atoms with Crippen molar-refractivity contribution in [3.8, 4) is 11.1 Å². The molecule has 2 aromatic carbocycles. The fourth-order valence-corrected chi connectivity index (χ4v) is 2.71. The first-order valence-corrected chi connectivity index (χ1v) is 7.83. The number of rotatable bonds is 4. The van der Waals surface area contributed by atoms with Crippen LogP contribution in [-0.4, -0.2) is 15.0 Å². The molecule has 5 nitrogen and oxygen atoms in total. The molecule has 0 radical (unpaired) electrons. The normalized spacial score (nSPS) is 10.9. The third-order valence-corrected chi connectivity index (χ3v) is 4.00. The summed E-state index contributed by atoms with van der Waals surface area (Å²) >= 11 is 0. The van der Waals surface area contributed by atoms with Gasteiger partial charge in [0.1, 0.15) is 5.82 Å². The van der Waals surface area contributed by atoms with Gasteiger partial charge in [0.15, 0.2) is 0 Å². The van der Waals surface area contributed by atoms with Crippen LogP contribution in [0.4, 0.5) is 10.1 Å². The van der Waals surface area contributed by atoms with Gasteiger partial charge in [0.05, 0.1) is 16.7 Å². The average Bonchev–Trinajstić information content (AvgIpc) is 3.00. The lowest BCUT2D eigenvalue weighted by atomic mass is 10.1. The van der Waals surface area contributed by atoms with E-state index in [9.17, 15) is 9.18 Å². The highest BCUT2D eigenvalue weighted by molar-refractivity contribution is 5.81. The molecule has 25 heavy (non-hydrogen) atoms. The van der Waals surface area contributed by atoms with Gasteiger partial charge in [0.25, 0.3) is 0 Å². The molecule has 0 saturated heterocycles. The summed E-state index contributed by atoms with van der Waals surface area (Å²) in [5.74, 6) is -0.245. The Morgan fingerprint density at radius 3 is 2.56 bits per heavy atom. The minimum atomic E-state index is -0.245. The van der Waals surface area contributed by atoms with E-state index in [-0.39, 0.29) is 11.5 Å². The molecule has 0 unspecified atom stereocenters. The minimum absolute atomic E-state index is 0.222. The molecule has 3 N–H and O–H groups in total. The molecule has 124 valence electrons. The van der Waals surface area contributed by atoms with E-state index in [0.717, 1.165) is 33.4 Å². The van der Waals surface area contributed by atoms with Gasteiger partial charge in [-0.1, -0.05) is 18.2 Å². The molecule has 0 bridgehead atoms. The topological polar surface area (TPSA) is 73.6 Å². The van der Waals surface area contributed by atoms with Crippen LogP contribution in [0.25, 0.3) is 22.2 Å². The summed E-state index contributed by atoms with van der Waals surface area (Å²) in [5.41, 5.74) is 5.05. The van der Waals surface area contributed by atoms with Gasteiger partial charge in [-0.05, 0) is 41.5 Å². The lowest BCUT2D eigenvalue weighted by molar-refractivity contribution is 0.627. The van der Waals surface area contributed by atoms with Crippen LogP contribution in [0.1, 0.15) is 5.56 Å². The van der Waals surface area contributed by atoms with E-state index in [1.165, 1.54) is 12.1 Å². The van der Waals surface area contributed by atoms with Crippen LogP contribution >= 0.6 is 0 Å². The summed E-state index contributed by atoms with van der Waals surface area (Å²) in [5, 5.41) is 3.28. The maximum atomic E-state index is 12.9. The maximum Gasteiger partial charge on any atom is 0.323 e. The molecular weight excluding hydrogens is 319 g/mol. The molecule has 0 aliphatic carbocycles. The van der Waals surface area contributed by atoms with E-state index >= 15 is 0 Å². The summed E-state index contributed by atoms with van der Waals surface area (Å²) < 4.78 is 12.9. The molecule has 2 aromatic heterocycles. The Bertz CT molecular complexity index is 1080. The number of fused-ring (bicyclic) bond motifs is 1. The Balaban J connectivity index is 1.57. The first-order valence-electron chi connectivity index (χ1n) is 7.83. The van der Waals surface area contributed by atoms with Crippen LogP contribution in [0, 0.1) is 5.82 Å². The zero-order chi connectivity index (χ0) is 17.2. The van der Waals surface area contributed by atoms with Gasteiger partial charge in [-0.15, -0.1) is 0 Å². The Hall–Kier alpha value is -3.41. The summed E-state index contributed by atoms with van der Waals surface area (Å²) in [6.45, 7) is 0.579. The first kappa shape index (κ1) is 15.1. The lowest BCUT2D eigenvalue weighted by Crippen LogP contribution is -2.00. The van der Waals surface area contributed by atoms with Crippen molar-refractivity contribution in [2.45, 2.75) is 6.54 Å². The van der Waals surface area contributed by atoms with Gasteiger partial charge in [0, 0.05) is 24.5 Å². The van der Waals surface area contributed by atoms with Gasteiger partial charge in [0.2, 0.25) is 0 Å². The number of H-pyrrole nitrogens is 2. The van der Waals surface area contributed by atoms with Crippen LogP contribution in [0.15, 0.2) is 65.7 Å². The van der Waals surface area contributed by atoms with Crippen molar-refractivity contribution in [3.63, 3.8) is 0 Å². The van der Waals surface area contributed by atoms with E-state index in [1.54, 1.807) is 24.5 Å². The van der Waals surface area contributed by atoms with Gasteiger partial charge in [-0.2, -0.15) is 0 Å². The van der Waals surface area contributed by atoms with Crippen LogP contribution in [0.3, 0.4) is 0 Å². The monoisotopic (exact) mass is 334 g/mol. The van der Waals surface area contributed by atoms with Crippen molar-refractivity contribution in [1.82, 2.24) is 15.0 Å². The molecule has 6 heteroatoms. The van der Waals surface area contributed by atoms with E-state index in [1.807, 2.05) is 24.3 Å². The molecule has 2 heterocycles. The predicted molar refractivity (Wildman–Crippen MR) is 95.9 cm³/mol. The second-order valence-electron chi connectivity index (χ2n) is 5.78. The zero-order valence-corrected chi connectivity index (χ0v) is 13.2. The number of pyridine rings is 1. The zero-order valence-electron chi connectivity index (χ0n) is 13.2. The van der Waals surface area contributed by atoms with Crippen LogP contribution in [0.5, 0.6) is 0 Å². The first-order chi connectivity index (χ1) is 12.2. The van der Waals surface area contributed by atoms with Crippen molar-refractivity contribution in [2.24, 2.45) is 0 Å². The van der Waals surface area contributed by atoms with Gasteiger partial charge >= 0.3 is 5.69 Å². The number of aromatic nitrogens is 3. The largest absolute Gasteiger partial charge is 0.380 e. The van der Waals surface area contributed by atoms with Crippen LogP contribution in [0.2, 0.25) is 0 Å². The van der Waals surface area contributed by atoms with E-state index in [4.69, 9.17) is 0 Å². The number of aromatic amines is 2. The van der Waals surface area contributed by atoms with Crippen molar-refractivity contribution in [1.29, 1.82) is 0 Å². The third-order valence-electron chi connectivity index (χ3n) is 4.00. The Morgan fingerprint density at radius 2 is 1.72 bits per heavy atom. The number of imidazole rings is 1. The highest BCUT2D eigenvalue weighted by Crippen LogP contribution is 2.24.